The number of hydrogen-bond donors (Lipinski definition) is 1. The van der Waals surface area contributed by atoms with E-state index in [9.17, 15) is 18.0 Å². The second-order valence-electron chi connectivity index (χ2n) is 2.67. The molecule has 14 heavy (non-hydrogen) atoms. The predicted octanol–water partition coefficient (Wildman–Crippen LogP) is 1.07. The second-order valence-corrected chi connectivity index (χ2v) is 3.19. The first-order chi connectivity index (χ1) is 6.26. The van der Waals surface area contributed by atoms with E-state index in [0.717, 1.165) is 0 Å². The molecule has 0 aliphatic heterocycles. The molecule has 0 aliphatic carbocycles. The van der Waals surface area contributed by atoms with Crippen LogP contribution in [0.3, 0.4) is 0 Å². The van der Waals surface area contributed by atoms with Crippen molar-refractivity contribution >= 4 is 23.1 Å². The molecular weight excluding hydrogens is 217 g/mol. The number of nitrogens with zero attached hydrogens (tertiary/aromatic N) is 1. The van der Waals surface area contributed by atoms with Gasteiger partial charge in [0.2, 0.25) is 5.91 Å². The number of thiocarbonyl (C=S) groups is 1. The van der Waals surface area contributed by atoms with Crippen molar-refractivity contribution in [3.05, 3.63) is 0 Å². The summed E-state index contributed by atoms with van der Waals surface area (Å²) in [5.74, 6) is -0.697. The number of rotatable bonds is 4. The molecule has 0 rings (SSSR count). The Morgan fingerprint density at radius 2 is 2.00 bits per heavy atom. The van der Waals surface area contributed by atoms with Gasteiger partial charge < -0.3 is 10.6 Å². The van der Waals surface area contributed by atoms with Gasteiger partial charge in [-0.2, -0.15) is 13.2 Å². The number of hydrogen-bond acceptors (Lipinski definition) is 2. The standard InChI is InChI=1S/C7H11F3N2OS/c1-2-12(4-7(8,9)10)6(13)3-5(11)14/h2-4H2,1H3,(H2,11,14). The third kappa shape index (κ3) is 5.74. The fourth-order valence-corrected chi connectivity index (χ4v) is 0.977. The van der Waals surface area contributed by atoms with Crippen molar-refractivity contribution in [2.45, 2.75) is 19.5 Å². The fraction of sp³-hybridized carbons (Fsp3) is 0.714. The topological polar surface area (TPSA) is 46.3 Å². The van der Waals surface area contributed by atoms with Gasteiger partial charge in [0.15, 0.2) is 0 Å². The molecule has 0 aliphatic rings. The molecule has 0 bridgehead atoms. The lowest BCUT2D eigenvalue weighted by Crippen LogP contribution is -2.40. The Morgan fingerprint density at radius 1 is 1.50 bits per heavy atom. The van der Waals surface area contributed by atoms with Gasteiger partial charge in [-0.05, 0) is 6.92 Å². The normalized spacial score (nSPS) is 11.1. The van der Waals surface area contributed by atoms with Gasteiger partial charge in [-0.3, -0.25) is 4.79 Å². The molecule has 7 heteroatoms. The smallest absolute Gasteiger partial charge is 0.393 e. The molecule has 0 saturated heterocycles. The Kier molecular flexibility index (Phi) is 4.82. The number of carbonyl (C=O) groups excluding carboxylic acids is 1. The highest BCUT2D eigenvalue weighted by Gasteiger charge is 2.32. The molecule has 0 unspecified atom stereocenters. The van der Waals surface area contributed by atoms with E-state index in [2.05, 4.69) is 12.2 Å². The SMILES string of the molecule is CCN(CC(F)(F)F)C(=O)CC(N)=S. The average molecular weight is 228 g/mol. The van der Waals surface area contributed by atoms with E-state index >= 15 is 0 Å². The first-order valence-electron chi connectivity index (χ1n) is 3.89. The molecule has 82 valence electrons. The minimum Gasteiger partial charge on any atom is -0.393 e. The van der Waals surface area contributed by atoms with Gasteiger partial charge in [0.25, 0.3) is 0 Å². The van der Waals surface area contributed by atoms with E-state index in [1.54, 1.807) is 0 Å². The van der Waals surface area contributed by atoms with Gasteiger partial charge in [0.05, 0.1) is 11.4 Å². The van der Waals surface area contributed by atoms with E-state index < -0.39 is 18.6 Å². The summed E-state index contributed by atoms with van der Waals surface area (Å²) in [5, 5.41) is 0. The summed E-state index contributed by atoms with van der Waals surface area (Å²) in [6, 6.07) is 0. The van der Waals surface area contributed by atoms with Crippen LogP contribution >= 0.6 is 12.2 Å². The van der Waals surface area contributed by atoms with Crippen LogP contribution in [0.25, 0.3) is 0 Å². The van der Waals surface area contributed by atoms with Crippen molar-refractivity contribution in [3.8, 4) is 0 Å². The van der Waals surface area contributed by atoms with E-state index in [1.807, 2.05) is 0 Å². The minimum atomic E-state index is -4.39. The quantitative estimate of drug-likeness (QED) is 0.732. The average Bonchev–Trinajstić information content (AvgIpc) is 1.96. The number of nitrogens with two attached hydrogens (primary N) is 1. The third-order valence-corrected chi connectivity index (χ3v) is 1.57. The molecule has 0 radical (unpaired) electrons. The molecule has 0 atom stereocenters. The van der Waals surface area contributed by atoms with Gasteiger partial charge in [-0.15, -0.1) is 0 Å². The summed E-state index contributed by atoms with van der Waals surface area (Å²) in [6.07, 6.45) is -4.71. The predicted molar refractivity (Wildman–Crippen MR) is 49.7 cm³/mol. The zero-order chi connectivity index (χ0) is 11.4. The largest absolute Gasteiger partial charge is 0.406 e. The van der Waals surface area contributed by atoms with E-state index in [4.69, 9.17) is 5.73 Å². The van der Waals surface area contributed by atoms with E-state index in [0.29, 0.717) is 4.90 Å². The highest BCUT2D eigenvalue weighted by Crippen LogP contribution is 2.16. The molecule has 0 aromatic carbocycles. The van der Waals surface area contributed by atoms with E-state index in [-0.39, 0.29) is 18.0 Å². The first kappa shape index (κ1) is 13.2. The van der Waals surface area contributed by atoms with Gasteiger partial charge >= 0.3 is 6.18 Å². The summed E-state index contributed by atoms with van der Waals surface area (Å²) >= 11 is 4.43. The lowest BCUT2D eigenvalue weighted by atomic mass is 10.3. The van der Waals surface area contributed by atoms with Gasteiger partial charge in [0, 0.05) is 6.54 Å². The zero-order valence-electron chi connectivity index (χ0n) is 7.60. The van der Waals surface area contributed by atoms with Gasteiger partial charge in [-0.1, -0.05) is 12.2 Å². The second kappa shape index (κ2) is 5.14. The van der Waals surface area contributed by atoms with Crippen LogP contribution in [0, 0.1) is 0 Å². The molecule has 1 amide bonds. The van der Waals surface area contributed by atoms with Crippen molar-refractivity contribution in [1.82, 2.24) is 4.90 Å². The zero-order valence-corrected chi connectivity index (χ0v) is 8.41. The van der Waals surface area contributed by atoms with Crippen molar-refractivity contribution in [2.75, 3.05) is 13.1 Å². The monoisotopic (exact) mass is 228 g/mol. The van der Waals surface area contributed by atoms with Crippen LogP contribution in [-0.4, -0.2) is 35.1 Å². The van der Waals surface area contributed by atoms with Crippen LogP contribution in [0.15, 0.2) is 0 Å². The lowest BCUT2D eigenvalue weighted by molar-refractivity contribution is -0.160. The molecule has 0 aromatic heterocycles. The first-order valence-corrected chi connectivity index (χ1v) is 4.30. The Bertz CT molecular complexity index is 229. The molecule has 0 fully saturated rings. The third-order valence-electron chi connectivity index (χ3n) is 1.43. The molecule has 0 saturated carbocycles. The van der Waals surface area contributed by atoms with Crippen molar-refractivity contribution < 1.29 is 18.0 Å². The molecule has 2 N–H and O–H groups in total. The number of carbonyl (C=O) groups is 1. The highest BCUT2D eigenvalue weighted by atomic mass is 32.1. The summed E-state index contributed by atoms with van der Waals surface area (Å²) in [7, 11) is 0. The van der Waals surface area contributed by atoms with Crippen LogP contribution in [0.2, 0.25) is 0 Å². The van der Waals surface area contributed by atoms with E-state index in [1.165, 1.54) is 6.92 Å². The molecule has 0 heterocycles. The van der Waals surface area contributed by atoms with Crippen molar-refractivity contribution in [3.63, 3.8) is 0 Å². The summed E-state index contributed by atoms with van der Waals surface area (Å²) in [4.78, 5) is 11.7. The van der Waals surface area contributed by atoms with Crippen molar-refractivity contribution in [1.29, 1.82) is 0 Å². The molecule has 0 aromatic rings. The number of halogens is 3. The Morgan fingerprint density at radius 3 is 2.29 bits per heavy atom. The Hall–Kier alpha value is -0.850. The van der Waals surface area contributed by atoms with Crippen LogP contribution in [0.4, 0.5) is 13.2 Å². The molecule has 3 nitrogen and oxygen atoms in total. The van der Waals surface area contributed by atoms with Crippen LogP contribution in [-0.2, 0) is 4.79 Å². The summed E-state index contributed by atoms with van der Waals surface area (Å²) in [6.45, 7) is 0.190. The number of alkyl halides is 3. The van der Waals surface area contributed by atoms with Gasteiger partial charge in [-0.25, -0.2) is 0 Å². The summed E-state index contributed by atoms with van der Waals surface area (Å²) < 4.78 is 35.8. The minimum absolute atomic E-state index is 0.0129. The fourth-order valence-electron chi connectivity index (χ4n) is 0.854. The Labute approximate surface area is 85.0 Å². The molecular formula is C7H11F3N2OS. The maximum absolute atomic E-state index is 11.9. The summed E-state index contributed by atoms with van der Waals surface area (Å²) in [5.41, 5.74) is 5.05. The number of amides is 1. The van der Waals surface area contributed by atoms with Gasteiger partial charge in [0.1, 0.15) is 6.54 Å². The molecule has 0 spiro atoms. The van der Waals surface area contributed by atoms with Crippen LogP contribution in [0.1, 0.15) is 13.3 Å². The van der Waals surface area contributed by atoms with Crippen LogP contribution < -0.4 is 5.73 Å². The maximum atomic E-state index is 11.9. The Balaban J connectivity index is 4.27. The lowest BCUT2D eigenvalue weighted by Gasteiger charge is -2.21. The maximum Gasteiger partial charge on any atom is 0.406 e. The highest BCUT2D eigenvalue weighted by molar-refractivity contribution is 7.80. The van der Waals surface area contributed by atoms with Crippen LogP contribution in [0.5, 0.6) is 0 Å². The van der Waals surface area contributed by atoms with Crippen molar-refractivity contribution in [2.24, 2.45) is 5.73 Å².